The van der Waals surface area contributed by atoms with Crippen molar-refractivity contribution >= 4 is 23.3 Å². The number of carbonyl (C=O) groups is 2. The van der Waals surface area contributed by atoms with Gasteiger partial charge in [0.1, 0.15) is 17.2 Å². The van der Waals surface area contributed by atoms with Crippen molar-refractivity contribution in [2.24, 2.45) is 0 Å². The largest absolute Gasteiger partial charge is 0.573 e. The number of hydrogen-bond donors (Lipinski definition) is 1. The minimum atomic E-state index is -4.91. The van der Waals surface area contributed by atoms with E-state index in [9.17, 15) is 35.9 Å². The van der Waals surface area contributed by atoms with E-state index >= 15 is 0 Å². The number of esters is 1. The van der Waals surface area contributed by atoms with E-state index in [4.69, 9.17) is 4.74 Å². The summed E-state index contributed by atoms with van der Waals surface area (Å²) in [7, 11) is 0. The Kier molecular flexibility index (Phi) is 6.90. The Morgan fingerprint density at radius 1 is 0.914 bits per heavy atom. The summed E-state index contributed by atoms with van der Waals surface area (Å²) in [5, 5.41) is 2.73. The van der Waals surface area contributed by atoms with Crippen LogP contribution in [-0.4, -0.2) is 36.7 Å². The van der Waals surface area contributed by atoms with Gasteiger partial charge >= 0.3 is 18.7 Å². The van der Waals surface area contributed by atoms with Gasteiger partial charge in [-0.2, -0.15) is 0 Å². The smallest absolute Gasteiger partial charge is 0.464 e. The van der Waals surface area contributed by atoms with Gasteiger partial charge in [-0.05, 0) is 68.5 Å². The summed E-state index contributed by atoms with van der Waals surface area (Å²) in [6, 6.07) is 8.78. The number of alkyl halides is 6. The fraction of sp³-hybridized carbons (Fsp3) is 0.273. The molecule has 0 saturated heterocycles. The lowest BCUT2D eigenvalue weighted by atomic mass is 10.0. The first-order valence-corrected chi connectivity index (χ1v) is 9.95. The van der Waals surface area contributed by atoms with Crippen LogP contribution in [0.25, 0.3) is 0 Å². The maximum atomic E-state index is 13.2. The van der Waals surface area contributed by atoms with Crippen LogP contribution in [0.1, 0.15) is 13.8 Å². The zero-order valence-corrected chi connectivity index (χ0v) is 18.2. The second-order valence-electron chi connectivity index (χ2n) is 7.31. The van der Waals surface area contributed by atoms with Crippen LogP contribution in [0.15, 0.2) is 60.3 Å². The number of nitrogens with zero attached hydrogens (tertiary/aromatic N) is 1. The number of halogens is 6. The van der Waals surface area contributed by atoms with Crippen LogP contribution in [0.4, 0.5) is 37.7 Å². The number of anilines is 2. The molecule has 1 atom stereocenters. The molecular weight excluding hydrogens is 486 g/mol. The van der Waals surface area contributed by atoms with Crippen molar-refractivity contribution in [3.63, 3.8) is 0 Å². The standard InChI is InChI=1S/C22H18F6N2O5/c1-3-33-19(32)20(2)12-17(29-13-4-8-15(9-5-13)34-21(23,24)25)18(31)30(20)14-6-10-16(11-7-14)35-22(26,27)28/h4-12,29H,3H2,1-2H3. The molecule has 2 aromatic carbocycles. The first-order valence-electron chi connectivity index (χ1n) is 9.95. The third-order valence-electron chi connectivity index (χ3n) is 4.71. The van der Waals surface area contributed by atoms with E-state index < -0.39 is 41.6 Å². The van der Waals surface area contributed by atoms with Gasteiger partial charge in [0, 0.05) is 11.4 Å². The summed E-state index contributed by atoms with van der Waals surface area (Å²) in [5.41, 5.74) is -1.51. The lowest BCUT2D eigenvalue weighted by Crippen LogP contribution is -2.51. The molecule has 0 aliphatic carbocycles. The van der Waals surface area contributed by atoms with E-state index in [0.717, 1.165) is 41.3 Å². The molecule has 13 heteroatoms. The Bertz CT molecular complexity index is 1110. The average molecular weight is 504 g/mol. The number of rotatable bonds is 7. The number of hydrogen-bond acceptors (Lipinski definition) is 6. The zero-order chi connectivity index (χ0) is 26.0. The van der Waals surface area contributed by atoms with Crippen molar-refractivity contribution in [1.29, 1.82) is 0 Å². The van der Waals surface area contributed by atoms with Gasteiger partial charge in [0.15, 0.2) is 5.54 Å². The summed E-state index contributed by atoms with van der Waals surface area (Å²) >= 11 is 0. The van der Waals surface area contributed by atoms with E-state index in [1.54, 1.807) is 6.92 Å². The molecule has 1 unspecified atom stereocenters. The molecule has 1 N–H and O–H groups in total. The van der Waals surface area contributed by atoms with Crippen molar-refractivity contribution in [1.82, 2.24) is 0 Å². The molecule has 0 radical (unpaired) electrons. The molecule has 0 bridgehead atoms. The molecule has 0 fully saturated rings. The highest BCUT2D eigenvalue weighted by atomic mass is 19.4. The molecule has 1 amide bonds. The number of carbonyl (C=O) groups excluding carboxylic acids is 2. The number of ether oxygens (including phenoxy) is 3. The van der Waals surface area contributed by atoms with Crippen molar-refractivity contribution < 1.29 is 50.1 Å². The molecule has 3 rings (SSSR count). The van der Waals surface area contributed by atoms with Crippen LogP contribution in [0.2, 0.25) is 0 Å². The molecule has 1 aliphatic heterocycles. The molecule has 1 heterocycles. The number of nitrogens with one attached hydrogen (secondary N) is 1. The molecule has 1 aliphatic rings. The Labute approximate surface area is 194 Å². The van der Waals surface area contributed by atoms with Gasteiger partial charge in [0.25, 0.3) is 5.91 Å². The van der Waals surface area contributed by atoms with Gasteiger partial charge in [-0.25, -0.2) is 4.79 Å². The Balaban J connectivity index is 1.89. The molecule has 0 aromatic heterocycles. The molecule has 0 saturated carbocycles. The SMILES string of the molecule is CCOC(=O)C1(C)C=C(Nc2ccc(OC(F)(F)F)cc2)C(=O)N1c1ccc(OC(F)(F)F)cc1. The quantitative estimate of drug-likeness (QED) is 0.415. The van der Waals surface area contributed by atoms with E-state index in [1.807, 2.05) is 0 Å². The first-order chi connectivity index (χ1) is 16.2. The zero-order valence-electron chi connectivity index (χ0n) is 18.2. The lowest BCUT2D eigenvalue weighted by molar-refractivity contribution is -0.275. The van der Waals surface area contributed by atoms with Crippen LogP contribution in [0, 0.1) is 0 Å². The highest BCUT2D eigenvalue weighted by molar-refractivity contribution is 6.16. The van der Waals surface area contributed by atoms with Crippen molar-refractivity contribution in [3.05, 3.63) is 60.3 Å². The van der Waals surface area contributed by atoms with E-state index in [2.05, 4.69) is 14.8 Å². The minimum Gasteiger partial charge on any atom is -0.464 e. The number of amides is 1. The third kappa shape index (κ3) is 6.16. The highest BCUT2D eigenvalue weighted by Gasteiger charge is 2.49. The Morgan fingerprint density at radius 2 is 1.40 bits per heavy atom. The predicted molar refractivity (Wildman–Crippen MR) is 110 cm³/mol. The topological polar surface area (TPSA) is 77.1 Å². The first kappa shape index (κ1) is 25.7. The molecular formula is C22H18F6N2O5. The van der Waals surface area contributed by atoms with E-state index in [-0.39, 0.29) is 23.7 Å². The number of benzene rings is 2. The Hall–Kier alpha value is -3.90. The van der Waals surface area contributed by atoms with Gasteiger partial charge in [-0.3, -0.25) is 9.69 Å². The van der Waals surface area contributed by atoms with Gasteiger partial charge in [0.05, 0.1) is 6.61 Å². The second kappa shape index (κ2) is 9.39. The van der Waals surface area contributed by atoms with E-state index in [0.29, 0.717) is 0 Å². The maximum absolute atomic E-state index is 13.2. The molecule has 7 nitrogen and oxygen atoms in total. The summed E-state index contributed by atoms with van der Waals surface area (Å²) < 4.78 is 87.1. The fourth-order valence-corrected chi connectivity index (χ4v) is 3.33. The van der Waals surface area contributed by atoms with Crippen LogP contribution in [-0.2, 0) is 14.3 Å². The average Bonchev–Trinajstić information content (AvgIpc) is 2.99. The van der Waals surface area contributed by atoms with Crippen LogP contribution in [0.3, 0.4) is 0 Å². The lowest BCUT2D eigenvalue weighted by Gasteiger charge is -2.32. The molecule has 0 spiro atoms. The van der Waals surface area contributed by atoms with Crippen molar-refractivity contribution in [3.8, 4) is 11.5 Å². The van der Waals surface area contributed by atoms with Crippen molar-refractivity contribution in [2.75, 3.05) is 16.8 Å². The van der Waals surface area contributed by atoms with Gasteiger partial charge < -0.3 is 19.5 Å². The third-order valence-corrected chi connectivity index (χ3v) is 4.71. The second-order valence-corrected chi connectivity index (χ2v) is 7.31. The van der Waals surface area contributed by atoms with Gasteiger partial charge in [-0.1, -0.05) is 0 Å². The van der Waals surface area contributed by atoms with Gasteiger partial charge in [0.2, 0.25) is 0 Å². The van der Waals surface area contributed by atoms with Crippen LogP contribution < -0.4 is 19.7 Å². The van der Waals surface area contributed by atoms with Crippen LogP contribution in [0.5, 0.6) is 11.5 Å². The maximum Gasteiger partial charge on any atom is 0.573 e. The fourth-order valence-electron chi connectivity index (χ4n) is 3.33. The normalized spacial score (nSPS) is 18.2. The summed E-state index contributed by atoms with van der Waals surface area (Å²) in [5.74, 6) is -2.55. The Morgan fingerprint density at radius 3 is 1.86 bits per heavy atom. The summed E-state index contributed by atoms with van der Waals surface area (Å²) in [6.07, 6.45) is -8.53. The summed E-state index contributed by atoms with van der Waals surface area (Å²) in [4.78, 5) is 27.0. The summed E-state index contributed by atoms with van der Waals surface area (Å²) in [6.45, 7) is 2.92. The monoisotopic (exact) mass is 504 g/mol. The predicted octanol–water partition coefficient (Wildman–Crippen LogP) is 5.15. The van der Waals surface area contributed by atoms with E-state index in [1.165, 1.54) is 25.1 Å². The molecule has 35 heavy (non-hydrogen) atoms. The highest BCUT2D eigenvalue weighted by Crippen LogP contribution is 2.37. The van der Waals surface area contributed by atoms with Crippen LogP contribution >= 0.6 is 0 Å². The van der Waals surface area contributed by atoms with Crippen molar-refractivity contribution in [2.45, 2.75) is 32.1 Å². The van der Waals surface area contributed by atoms with Gasteiger partial charge in [-0.15, -0.1) is 26.3 Å². The minimum absolute atomic E-state index is 0.00785. The molecule has 2 aromatic rings. The molecule has 188 valence electrons.